The highest BCUT2D eigenvalue weighted by Gasteiger charge is 2.30. The molecule has 4 rings (SSSR count). The predicted octanol–water partition coefficient (Wildman–Crippen LogP) is 6.84. The molecule has 0 unspecified atom stereocenters. The van der Waals surface area contributed by atoms with E-state index in [1.54, 1.807) is 31.4 Å². The lowest BCUT2D eigenvalue weighted by atomic mass is 10.2. The van der Waals surface area contributed by atoms with Gasteiger partial charge in [-0.05, 0) is 54.6 Å². The van der Waals surface area contributed by atoms with Gasteiger partial charge < -0.3 is 23.9 Å². The number of hydrogen-bond donors (Lipinski definition) is 1. The molecule has 1 aromatic heterocycles. The maximum absolute atomic E-state index is 13.0. The van der Waals surface area contributed by atoms with Crippen LogP contribution >= 0.6 is 0 Å². The zero-order chi connectivity index (χ0) is 27.3. The average molecular weight is 528 g/mol. The van der Waals surface area contributed by atoms with E-state index < -0.39 is 28.3 Å². The summed E-state index contributed by atoms with van der Waals surface area (Å²) in [5.74, 6) is 0.416. The van der Waals surface area contributed by atoms with Crippen molar-refractivity contribution in [3.63, 3.8) is 0 Å². The van der Waals surface area contributed by atoms with Gasteiger partial charge in [0.15, 0.2) is 5.76 Å². The fourth-order valence-corrected chi connectivity index (χ4v) is 3.29. The molecule has 3 aromatic carbocycles. The summed E-state index contributed by atoms with van der Waals surface area (Å²) in [5, 5.41) is 13.8. The Morgan fingerprint density at radius 3 is 2.37 bits per heavy atom. The number of carbonyl (C=O) groups is 1. The minimum atomic E-state index is -4.59. The number of nitro groups is 1. The number of hydrogen-bond acceptors (Lipinski definition) is 7. The van der Waals surface area contributed by atoms with Crippen LogP contribution in [-0.2, 0) is 12.8 Å². The first-order chi connectivity index (χ1) is 18.1. The van der Waals surface area contributed by atoms with E-state index in [1.165, 1.54) is 24.3 Å². The molecular weight excluding hydrogens is 509 g/mol. The van der Waals surface area contributed by atoms with Crippen LogP contribution in [0.1, 0.15) is 21.9 Å². The number of nitro benzene ring substituents is 1. The van der Waals surface area contributed by atoms with Crippen LogP contribution in [0.5, 0.6) is 23.0 Å². The Balaban J connectivity index is 1.46. The van der Waals surface area contributed by atoms with Crippen molar-refractivity contribution in [3.8, 4) is 23.0 Å². The summed E-state index contributed by atoms with van der Waals surface area (Å²) >= 11 is 0. The topological polar surface area (TPSA) is 113 Å². The molecule has 0 spiro atoms. The maximum atomic E-state index is 13.0. The lowest BCUT2D eigenvalue weighted by Crippen LogP contribution is -2.11. The molecule has 0 radical (unpaired) electrons. The number of nitrogens with zero attached hydrogens (tertiary/aromatic N) is 1. The van der Waals surface area contributed by atoms with Gasteiger partial charge in [-0.1, -0.05) is 6.07 Å². The maximum Gasteiger partial charge on any atom is 0.416 e. The number of rotatable bonds is 9. The number of anilines is 1. The summed E-state index contributed by atoms with van der Waals surface area (Å²) in [5.41, 5.74) is -1.42. The summed E-state index contributed by atoms with van der Waals surface area (Å²) in [6.45, 7) is 0.0331. The van der Waals surface area contributed by atoms with Crippen molar-refractivity contribution in [1.82, 2.24) is 0 Å². The lowest BCUT2D eigenvalue weighted by molar-refractivity contribution is -0.384. The highest BCUT2D eigenvalue weighted by atomic mass is 19.4. The van der Waals surface area contributed by atoms with Crippen molar-refractivity contribution in [1.29, 1.82) is 0 Å². The van der Waals surface area contributed by atoms with E-state index in [1.807, 2.05) is 0 Å². The number of carbonyl (C=O) groups excluding carboxylic acids is 1. The second kappa shape index (κ2) is 10.9. The van der Waals surface area contributed by atoms with E-state index in [-0.39, 0.29) is 29.6 Å². The number of benzene rings is 3. The highest BCUT2D eigenvalue weighted by molar-refractivity contribution is 6.02. The van der Waals surface area contributed by atoms with Crippen LogP contribution < -0.4 is 19.5 Å². The third kappa shape index (κ3) is 6.60. The van der Waals surface area contributed by atoms with Gasteiger partial charge in [0.2, 0.25) is 0 Å². The monoisotopic (exact) mass is 528 g/mol. The number of methoxy groups -OCH3 is 1. The second-order valence-electron chi connectivity index (χ2n) is 7.78. The molecular formula is C26H19F3N2O7. The Hall–Kier alpha value is -5.00. The number of furan rings is 1. The summed E-state index contributed by atoms with van der Waals surface area (Å²) < 4.78 is 60.6. The molecule has 0 saturated carbocycles. The minimum absolute atomic E-state index is 0.0291. The molecule has 9 nitrogen and oxygen atoms in total. The average Bonchev–Trinajstić information content (AvgIpc) is 3.37. The Kier molecular flexibility index (Phi) is 7.51. The number of nitrogens with one attached hydrogen (secondary N) is 1. The summed E-state index contributed by atoms with van der Waals surface area (Å²) in [6, 6.07) is 17.2. The van der Waals surface area contributed by atoms with E-state index >= 15 is 0 Å². The van der Waals surface area contributed by atoms with Gasteiger partial charge in [-0.25, -0.2) is 0 Å². The Bertz CT molecular complexity index is 1450. The zero-order valence-corrected chi connectivity index (χ0v) is 19.7. The first-order valence-corrected chi connectivity index (χ1v) is 10.9. The van der Waals surface area contributed by atoms with Gasteiger partial charge >= 0.3 is 6.18 Å². The fourth-order valence-electron chi connectivity index (χ4n) is 3.29. The second-order valence-corrected chi connectivity index (χ2v) is 7.78. The van der Waals surface area contributed by atoms with Gasteiger partial charge in [-0.3, -0.25) is 14.9 Å². The fraction of sp³-hybridized carbons (Fsp3) is 0.115. The molecule has 1 heterocycles. The molecule has 1 N–H and O–H groups in total. The van der Waals surface area contributed by atoms with Gasteiger partial charge in [0, 0.05) is 12.1 Å². The molecule has 0 bridgehead atoms. The van der Waals surface area contributed by atoms with Crippen LogP contribution in [-0.4, -0.2) is 17.9 Å². The number of halogens is 3. The standard InChI is InChI=1S/C26H19F3N2O7/c1-35-19-5-7-20(8-6-19)36-15-22-9-10-24(38-22)25(32)30-17-12-18(31(33)34)14-23(13-17)37-21-4-2-3-16(11-21)26(27,28)29/h2-14H,15H2,1H3,(H,30,32). The SMILES string of the molecule is COc1ccc(OCc2ccc(C(=O)Nc3cc(Oc4cccc(C(F)(F)F)c4)cc([N+](=O)[O-])c3)o2)cc1. The van der Waals surface area contributed by atoms with Gasteiger partial charge in [0.05, 0.1) is 29.4 Å². The van der Waals surface area contributed by atoms with Gasteiger partial charge in [0.1, 0.15) is 35.4 Å². The number of alkyl halides is 3. The molecule has 38 heavy (non-hydrogen) atoms. The van der Waals surface area contributed by atoms with Crippen LogP contribution in [0.15, 0.2) is 83.3 Å². The molecule has 4 aromatic rings. The van der Waals surface area contributed by atoms with Crippen LogP contribution in [0, 0.1) is 10.1 Å². The Morgan fingerprint density at radius 2 is 1.68 bits per heavy atom. The van der Waals surface area contributed by atoms with Crippen molar-refractivity contribution in [3.05, 3.63) is 106 Å². The zero-order valence-electron chi connectivity index (χ0n) is 19.7. The van der Waals surface area contributed by atoms with Crippen molar-refractivity contribution in [2.24, 2.45) is 0 Å². The quantitative estimate of drug-likeness (QED) is 0.187. The van der Waals surface area contributed by atoms with E-state index in [0.29, 0.717) is 17.3 Å². The van der Waals surface area contributed by atoms with Crippen LogP contribution in [0.4, 0.5) is 24.5 Å². The molecule has 0 saturated heterocycles. The first-order valence-electron chi connectivity index (χ1n) is 10.9. The Morgan fingerprint density at radius 1 is 0.947 bits per heavy atom. The van der Waals surface area contributed by atoms with E-state index in [9.17, 15) is 28.1 Å². The van der Waals surface area contributed by atoms with Gasteiger partial charge in [-0.2, -0.15) is 13.2 Å². The minimum Gasteiger partial charge on any atom is -0.497 e. The summed E-state index contributed by atoms with van der Waals surface area (Å²) in [6.07, 6.45) is -4.59. The van der Waals surface area contributed by atoms with Crippen LogP contribution in [0.2, 0.25) is 0 Å². The molecule has 196 valence electrons. The van der Waals surface area contributed by atoms with Crippen molar-refractivity contribution < 1.29 is 41.5 Å². The molecule has 12 heteroatoms. The largest absolute Gasteiger partial charge is 0.497 e. The molecule has 0 aliphatic rings. The summed E-state index contributed by atoms with van der Waals surface area (Å²) in [7, 11) is 1.54. The highest BCUT2D eigenvalue weighted by Crippen LogP contribution is 2.34. The van der Waals surface area contributed by atoms with Gasteiger partial charge in [-0.15, -0.1) is 0 Å². The van der Waals surface area contributed by atoms with E-state index in [4.69, 9.17) is 18.6 Å². The molecule has 0 atom stereocenters. The number of amides is 1. The van der Waals surface area contributed by atoms with Gasteiger partial charge in [0.25, 0.3) is 11.6 Å². The molecule has 0 aliphatic carbocycles. The molecule has 0 fully saturated rings. The summed E-state index contributed by atoms with van der Waals surface area (Å²) in [4.78, 5) is 23.3. The third-order valence-corrected chi connectivity index (χ3v) is 5.08. The number of non-ortho nitro benzene ring substituents is 1. The smallest absolute Gasteiger partial charge is 0.416 e. The third-order valence-electron chi connectivity index (χ3n) is 5.08. The van der Waals surface area contributed by atoms with E-state index in [2.05, 4.69) is 5.32 Å². The molecule has 1 amide bonds. The van der Waals surface area contributed by atoms with Crippen molar-refractivity contribution in [2.45, 2.75) is 12.8 Å². The molecule has 0 aliphatic heterocycles. The lowest BCUT2D eigenvalue weighted by Gasteiger charge is -2.11. The predicted molar refractivity (Wildman–Crippen MR) is 129 cm³/mol. The van der Waals surface area contributed by atoms with Crippen molar-refractivity contribution in [2.75, 3.05) is 12.4 Å². The first kappa shape index (κ1) is 26.1. The van der Waals surface area contributed by atoms with Crippen molar-refractivity contribution >= 4 is 17.3 Å². The van der Waals surface area contributed by atoms with E-state index in [0.717, 1.165) is 30.3 Å². The normalized spacial score (nSPS) is 11.1. The van der Waals surface area contributed by atoms with Crippen LogP contribution in [0.3, 0.4) is 0 Å². The van der Waals surface area contributed by atoms with Crippen LogP contribution in [0.25, 0.3) is 0 Å². The Labute approximate surface area is 213 Å². The number of ether oxygens (including phenoxy) is 3.